The third-order valence-electron chi connectivity index (χ3n) is 5.71. The van der Waals surface area contributed by atoms with Gasteiger partial charge >= 0.3 is 0 Å². The molecule has 1 aliphatic rings. The summed E-state index contributed by atoms with van der Waals surface area (Å²) in [5.41, 5.74) is 1.50. The highest BCUT2D eigenvalue weighted by Gasteiger charge is 2.31. The van der Waals surface area contributed by atoms with Crippen molar-refractivity contribution in [3.63, 3.8) is 0 Å². The lowest BCUT2D eigenvalue weighted by Gasteiger charge is -2.41. The van der Waals surface area contributed by atoms with Crippen molar-refractivity contribution < 1.29 is 9.53 Å². The largest absolute Gasteiger partial charge is 0.497 e. The Labute approximate surface area is 187 Å². The van der Waals surface area contributed by atoms with Gasteiger partial charge in [-0.15, -0.1) is 0 Å². The molecule has 0 saturated carbocycles. The summed E-state index contributed by atoms with van der Waals surface area (Å²) >= 11 is 0. The number of piperazine rings is 1. The monoisotopic (exact) mass is 427 g/mol. The zero-order chi connectivity index (χ0) is 22.5. The van der Waals surface area contributed by atoms with Crippen LogP contribution >= 0.6 is 0 Å². The standard InChI is InChI=1S/C25H25N5O2/c1-18-17-29(25(31)19-6-4-3-5-7-19)12-13-30(18)21(15-26)16-27-24-11-8-20-14-22(32-2)9-10-23(20)28-24/h3-11,14,16,18,21H,12-13,17H2,1-2H3. The third kappa shape index (κ3) is 4.61. The van der Waals surface area contributed by atoms with E-state index in [0.29, 0.717) is 31.0 Å². The molecule has 1 saturated heterocycles. The van der Waals surface area contributed by atoms with E-state index in [1.54, 1.807) is 13.3 Å². The lowest BCUT2D eigenvalue weighted by molar-refractivity contribution is 0.0512. The van der Waals surface area contributed by atoms with Crippen molar-refractivity contribution in [1.29, 1.82) is 5.26 Å². The maximum atomic E-state index is 12.7. The maximum absolute atomic E-state index is 12.7. The molecule has 2 heterocycles. The zero-order valence-corrected chi connectivity index (χ0v) is 18.2. The molecule has 2 atom stereocenters. The number of fused-ring (bicyclic) bond motifs is 1. The fraction of sp³-hybridized carbons (Fsp3) is 0.280. The molecule has 7 nitrogen and oxygen atoms in total. The van der Waals surface area contributed by atoms with Crippen molar-refractivity contribution in [1.82, 2.24) is 14.8 Å². The van der Waals surface area contributed by atoms with E-state index in [1.165, 1.54) is 0 Å². The summed E-state index contributed by atoms with van der Waals surface area (Å²) in [6.07, 6.45) is 1.64. The predicted molar refractivity (Wildman–Crippen MR) is 124 cm³/mol. The van der Waals surface area contributed by atoms with E-state index in [1.807, 2.05) is 72.5 Å². The molecule has 1 amide bonds. The number of aliphatic imine (C=N–C) groups is 1. The van der Waals surface area contributed by atoms with Gasteiger partial charge in [-0.25, -0.2) is 9.98 Å². The van der Waals surface area contributed by atoms with Crippen LogP contribution in [0.15, 0.2) is 65.7 Å². The van der Waals surface area contributed by atoms with Gasteiger partial charge in [0.15, 0.2) is 5.82 Å². The normalized spacial score (nSPS) is 17.9. The Morgan fingerprint density at radius 2 is 2.03 bits per heavy atom. The molecular weight excluding hydrogens is 402 g/mol. The molecule has 4 rings (SSSR count). The SMILES string of the molecule is COc1ccc2nc(N=CC(C#N)N3CCN(C(=O)c4ccccc4)CC3C)ccc2c1. The van der Waals surface area contributed by atoms with Crippen LogP contribution in [0.5, 0.6) is 5.75 Å². The van der Waals surface area contributed by atoms with Gasteiger partial charge in [-0.2, -0.15) is 5.26 Å². The highest BCUT2D eigenvalue weighted by Crippen LogP contribution is 2.22. The number of pyridine rings is 1. The maximum Gasteiger partial charge on any atom is 0.253 e. The molecule has 2 unspecified atom stereocenters. The summed E-state index contributed by atoms with van der Waals surface area (Å²) in [7, 11) is 1.63. The molecule has 1 fully saturated rings. The number of nitriles is 1. The molecule has 2 aromatic carbocycles. The molecule has 0 spiro atoms. The second kappa shape index (κ2) is 9.58. The van der Waals surface area contributed by atoms with E-state index in [9.17, 15) is 10.1 Å². The van der Waals surface area contributed by atoms with Gasteiger partial charge in [0.25, 0.3) is 5.91 Å². The van der Waals surface area contributed by atoms with Gasteiger partial charge in [0.2, 0.25) is 0 Å². The number of aromatic nitrogens is 1. The fourth-order valence-electron chi connectivity index (χ4n) is 3.96. The van der Waals surface area contributed by atoms with Crippen LogP contribution in [0.4, 0.5) is 5.82 Å². The second-order valence-corrected chi connectivity index (χ2v) is 7.78. The van der Waals surface area contributed by atoms with E-state index < -0.39 is 6.04 Å². The van der Waals surface area contributed by atoms with Gasteiger partial charge in [0.05, 0.1) is 18.7 Å². The van der Waals surface area contributed by atoms with Crippen LogP contribution in [-0.4, -0.2) is 65.7 Å². The summed E-state index contributed by atoms with van der Waals surface area (Å²) in [5, 5.41) is 10.7. The Kier molecular flexibility index (Phi) is 6.43. The molecular formula is C25H25N5O2. The number of methoxy groups -OCH3 is 1. The van der Waals surface area contributed by atoms with Gasteiger partial charge < -0.3 is 9.64 Å². The van der Waals surface area contributed by atoms with E-state index >= 15 is 0 Å². The van der Waals surface area contributed by atoms with Crippen molar-refractivity contribution in [3.05, 3.63) is 66.2 Å². The van der Waals surface area contributed by atoms with Crippen LogP contribution in [0.1, 0.15) is 17.3 Å². The Bertz CT molecular complexity index is 1170. The number of carbonyl (C=O) groups excluding carboxylic acids is 1. The highest BCUT2D eigenvalue weighted by molar-refractivity contribution is 5.94. The Hall–Kier alpha value is -3.76. The summed E-state index contributed by atoms with van der Waals surface area (Å²) in [4.78, 5) is 25.7. The Morgan fingerprint density at radius 3 is 2.75 bits per heavy atom. The van der Waals surface area contributed by atoms with Crippen molar-refractivity contribution in [2.45, 2.75) is 19.0 Å². The van der Waals surface area contributed by atoms with Crippen LogP contribution < -0.4 is 4.74 Å². The molecule has 7 heteroatoms. The molecule has 1 aromatic heterocycles. The van der Waals surface area contributed by atoms with Gasteiger partial charge in [-0.1, -0.05) is 18.2 Å². The molecule has 0 N–H and O–H groups in total. The van der Waals surface area contributed by atoms with Crippen molar-refractivity contribution in [2.75, 3.05) is 26.7 Å². The minimum absolute atomic E-state index is 0.0243. The Balaban J connectivity index is 1.44. The first kappa shape index (κ1) is 21.5. The zero-order valence-electron chi connectivity index (χ0n) is 18.2. The summed E-state index contributed by atoms with van der Waals surface area (Å²) < 4.78 is 5.25. The average molecular weight is 428 g/mol. The van der Waals surface area contributed by atoms with Crippen LogP contribution in [0, 0.1) is 11.3 Å². The van der Waals surface area contributed by atoms with E-state index in [0.717, 1.165) is 16.7 Å². The van der Waals surface area contributed by atoms with E-state index in [2.05, 4.69) is 20.9 Å². The number of rotatable bonds is 5. The summed E-state index contributed by atoms with van der Waals surface area (Å²) in [6.45, 7) is 3.77. The first-order valence-corrected chi connectivity index (χ1v) is 10.6. The number of amides is 1. The van der Waals surface area contributed by atoms with E-state index in [-0.39, 0.29) is 11.9 Å². The smallest absolute Gasteiger partial charge is 0.253 e. The minimum Gasteiger partial charge on any atom is -0.497 e. The van der Waals surface area contributed by atoms with Crippen molar-refractivity contribution in [3.8, 4) is 11.8 Å². The van der Waals surface area contributed by atoms with Crippen LogP contribution in [0.25, 0.3) is 10.9 Å². The van der Waals surface area contributed by atoms with E-state index in [4.69, 9.17) is 4.74 Å². The van der Waals surface area contributed by atoms with Gasteiger partial charge in [0.1, 0.15) is 11.8 Å². The first-order valence-electron chi connectivity index (χ1n) is 10.6. The Morgan fingerprint density at radius 1 is 1.22 bits per heavy atom. The van der Waals surface area contributed by atoms with Crippen molar-refractivity contribution >= 4 is 28.8 Å². The van der Waals surface area contributed by atoms with Gasteiger partial charge in [-0.3, -0.25) is 9.69 Å². The number of carbonyl (C=O) groups is 1. The number of ether oxygens (including phenoxy) is 1. The number of nitrogens with zero attached hydrogens (tertiary/aromatic N) is 5. The lowest BCUT2D eigenvalue weighted by atomic mass is 10.1. The molecule has 3 aromatic rings. The molecule has 0 radical (unpaired) electrons. The van der Waals surface area contributed by atoms with Crippen LogP contribution in [-0.2, 0) is 0 Å². The van der Waals surface area contributed by atoms with Crippen LogP contribution in [0.2, 0.25) is 0 Å². The van der Waals surface area contributed by atoms with Crippen molar-refractivity contribution in [2.24, 2.45) is 4.99 Å². The molecule has 0 aliphatic carbocycles. The minimum atomic E-state index is -0.493. The quantitative estimate of drug-likeness (QED) is 0.580. The third-order valence-corrected chi connectivity index (χ3v) is 5.71. The van der Waals surface area contributed by atoms with Gasteiger partial charge in [-0.05, 0) is 49.4 Å². The molecule has 1 aliphatic heterocycles. The molecule has 32 heavy (non-hydrogen) atoms. The average Bonchev–Trinajstić information content (AvgIpc) is 2.84. The number of hydrogen-bond donors (Lipinski definition) is 0. The summed E-state index contributed by atoms with van der Waals surface area (Å²) in [6, 6.07) is 20.6. The molecule has 162 valence electrons. The predicted octanol–water partition coefficient (Wildman–Crippen LogP) is 3.68. The topological polar surface area (TPSA) is 81.8 Å². The molecule has 0 bridgehead atoms. The fourth-order valence-corrected chi connectivity index (χ4v) is 3.96. The van der Waals surface area contributed by atoms with Crippen LogP contribution in [0.3, 0.4) is 0 Å². The lowest BCUT2D eigenvalue weighted by Crippen LogP contribution is -2.56. The highest BCUT2D eigenvalue weighted by atomic mass is 16.5. The van der Waals surface area contributed by atoms with Gasteiger partial charge in [0, 0.05) is 42.8 Å². The second-order valence-electron chi connectivity index (χ2n) is 7.78. The summed E-state index contributed by atoms with van der Waals surface area (Å²) in [5.74, 6) is 1.35. The first-order chi connectivity index (χ1) is 15.6. The number of hydrogen-bond acceptors (Lipinski definition) is 6. The number of benzene rings is 2.